The number of benzene rings is 2. The van der Waals surface area contributed by atoms with Crippen molar-refractivity contribution in [1.29, 1.82) is 0 Å². The van der Waals surface area contributed by atoms with Crippen LogP contribution in [0.2, 0.25) is 0 Å². The van der Waals surface area contributed by atoms with E-state index in [1.165, 1.54) is 52.5 Å². The van der Waals surface area contributed by atoms with Crippen molar-refractivity contribution in [3.05, 3.63) is 61.7 Å². The molecule has 188 valence electrons. The van der Waals surface area contributed by atoms with Crippen molar-refractivity contribution >= 4 is 170 Å². The van der Waals surface area contributed by atoms with E-state index < -0.39 is 0 Å². The Kier molecular flexibility index (Phi) is 4.36. The highest BCUT2D eigenvalue weighted by molar-refractivity contribution is 9.11. The number of aromatic nitrogens is 1. The van der Waals surface area contributed by atoms with Crippen molar-refractivity contribution in [2.75, 3.05) is 0 Å². The molecular weight excluding hydrogens is 714 g/mol. The summed E-state index contributed by atoms with van der Waals surface area (Å²) in [5.41, 5.74) is 8.47. The molecule has 0 N–H and O–H groups in total. The van der Waals surface area contributed by atoms with Crippen LogP contribution in [0.25, 0.3) is 87.4 Å². The fraction of sp³-hybridized carbons (Fsp3) is 0.0345. The van der Waals surface area contributed by atoms with Crippen LogP contribution >= 0.6 is 88.5 Å². The lowest BCUT2D eigenvalue weighted by Gasteiger charge is -2.07. The zero-order valence-corrected chi connectivity index (χ0v) is 26.9. The smallest absolute Gasteiger partial charge is 0.171 e. The Morgan fingerprint density at radius 1 is 0.590 bits per heavy atom. The Balaban J connectivity index is 1.34. The summed E-state index contributed by atoms with van der Waals surface area (Å²) in [6.07, 6.45) is 0. The monoisotopic (exact) mass is 723 g/mol. The minimum atomic E-state index is 0.900. The number of thiophene rings is 5. The van der Waals surface area contributed by atoms with E-state index in [2.05, 4.69) is 91.9 Å². The Morgan fingerprint density at radius 3 is 2.08 bits per heavy atom. The van der Waals surface area contributed by atoms with Gasteiger partial charge < -0.3 is 13.4 Å². The zero-order valence-electron chi connectivity index (χ0n) is 19.7. The second-order valence-electron chi connectivity index (χ2n) is 9.69. The second kappa shape index (κ2) is 7.55. The zero-order chi connectivity index (χ0) is 25.7. The Labute approximate surface area is 255 Å². The van der Waals surface area contributed by atoms with Crippen LogP contribution in [0.5, 0.6) is 0 Å². The van der Waals surface area contributed by atoms with Gasteiger partial charge >= 0.3 is 0 Å². The maximum Gasteiger partial charge on any atom is 0.171 e. The average Bonchev–Trinajstić information content (AvgIpc) is 3.73. The fourth-order valence-electron chi connectivity index (χ4n) is 5.73. The molecule has 8 aromatic heterocycles. The standard InChI is InChI=1S/C29H11Br2NO2S5/c1-10-2-4-11(5-3-10)32-20-12-6-15-13(24-23(34-15)28-29(39-24)26-17(36-28)9-19(31)38-26)7-14(12)33-22(20)27-21(32)25-16(35-27)8-18(30)37-25/h2-9H,1H3. The van der Waals surface area contributed by atoms with Crippen molar-refractivity contribution < 1.29 is 8.83 Å². The number of nitrogens with zero attached hydrogens (tertiary/aromatic N) is 1. The Hall–Kier alpha value is -2.18. The molecule has 0 amide bonds. The molecule has 2 aromatic carbocycles. The van der Waals surface area contributed by atoms with Crippen LogP contribution in [0.3, 0.4) is 0 Å². The summed E-state index contributed by atoms with van der Waals surface area (Å²) >= 11 is 16.4. The minimum absolute atomic E-state index is 0.900. The van der Waals surface area contributed by atoms with E-state index in [4.69, 9.17) is 8.83 Å². The van der Waals surface area contributed by atoms with E-state index >= 15 is 0 Å². The third-order valence-corrected chi connectivity index (χ3v) is 14.7. The quantitative estimate of drug-likeness (QED) is 0.169. The van der Waals surface area contributed by atoms with Gasteiger partial charge in [0.25, 0.3) is 0 Å². The molecular formula is C29H11Br2NO2S5. The summed E-state index contributed by atoms with van der Waals surface area (Å²) in [6, 6.07) is 17.6. The molecule has 0 unspecified atom stereocenters. The van der Waals surface area contributed by atoms with E-state index in [1.807, 2.05) is 22.7 Å². The molecule has 3 nitrogen and oxygen atoms in total. The lowest BCUT2D eigenvalue weighted by atomic mass is 10.2. The van der Waals surface area contributed by atoms with E-state index in [-0.39, 0.29) is 0 Å². The molecule has 0 saturated heterocycles. The molecule has 39 heavy (non-hydrogen) atoms. The molecule has 10 heteroatoms. The number of furan rings is 2. The molecule has 10 aromatic rings. The number of rotatable bonds is 1. The Morgan fingerprint density at radius 2 is 1.26 bits per heavy atom. The number of hydrogen-bond acceptors (Lipinski definition) is 7. The maximum absolute atomic E-state index is 6.72. The van der Waals surface area contributed by atoms with Gasteiger partial charge in [-0.1, -0.05) is 17.7 Å². The van der Waals surface area contributed by atoms with Gasteiger partial charge in [-0.05, 0) is 75.2 Å². The topological polar surface area (TPSA) is 31.2 Å². The number of aryl methyl sites for hydroxylation is 1. The lowest BCUT2D eigenvalue weighted by Crippen LogP contribution is -1.93. The first-order valence-electron chi connectivity index (χ1n) is 12.0. The van der Waals surface area contributed by atoms with E-state index in [1.54, 1.807) is 34.0 Å². The van der Waals surface area contributed by atoms with E-state index in [0.717, 1.165) is 48.1 Å². The van der Waals surface area contributed by atoms with Gasteiger partial charge in [0, 0.05) is 25.9 Å². The van der Waals surface area contributed by atoms with Crippen LogP contribution in [0.15, 0.2) is 64.9 Å². The van der Waals surface area contributed by atoms with Crippen LogP contribution in [0.4, 0.5) is 0 Å². The molecule has 8 heterocycles. The van der Waals surface area contributed by atoms with Gasteiger partial charge in [0.2, 0.25) is 0 Å². The summed E-state index contributed by atoms with van der Waals surface area (Å²) in [7, 11) is 0. The van der Waals surface area contributed by atoms with Gasteiger partial charge in [-0.15, -0.1) is 56.7 Å². The van der Waals surface area contributed by atoms with Gasteiger partial charge in [-0.3, -0.25) is 0 Å². The largest absolute Gasteiger partial charge is 0.454 e. The van der Waals surface area contributed by atoms with Crippen molar-refractivity contribution in [1.82, 2.24) is 4.57 Å². The normalized spacial score (nSPS) is 13.0. The molecule has 0 aliphatic rings. The predicted molar refractivity (Wildman–Crippen MR) is 180 cm³/mol. The molecule has 0 radical (unpaired) electrons. The number of halogens is 2. The lowest BCUT2D eigenvalue weighted by molar-refractivity contribution is 0.668. The summed E-state index contributed by atoms with van der Waals surface area (Å²) < 4.78 is 28.2. The third kappa shape index (κ3) is 2.85. The van der Waals surface area contributed by atoms with Crippen molar-refractivity contribution in [2.45, 2.75) is 6.92 Å². The van der Waals surface area contributed by atoms with E-state index in [9.17, 15) is 0 Å². The highest BCUT2D eigenvalue weighted by Crippen LogP contribution is 2.53. The van der Waals surface area contributed by atoms with Crippen molar-refractivity contribution in [3.8, 4) is 5.69 Å². The summed E-state index contributed by atoms with van der Waals surface area (Å²) in [5.74, 6) is 0. The third-order valence-electron chi connectivity index (χ3n) is 7.39. The van der Waals surface area contributed by atoms with Crippen molar-refractivity contribution in [3.63, 3.8) is 0 Å². The summed E-state index contributed by atoms with van der Waals surface area (Å²) in [5, 5.41) is 2.21. The first-order chi connectivity index (χ1) is 19.0. The van der Waals surface area contributed by atoms with Gasteiger partial charge in [-0.2, -0.15) is 0 Å². The SMILES string of the molecule is Cc1ccc(-n2c3c4cc5oc6c(sc7c8sc(Br)cc8sc67)c5cc4oc3c3sc4cc(Br)sc4c32)cc1. The maximum atomic E-state index is 6.72. The molecule has 0 atom stereocenters. The minimum Gasteiger partial charge on any atom is -0.454 e. The van der Waals surface area contributed by atoms with E-state index in [0.29, 0.717) is 0 Å². The average molecular weight is 726 g/mol. The first kappa shape index (κ1) is 22.5. The van der Waals surface area contributed by atoms with Crippen molar-refractivity contribution in [2.24, 2.45) is 0 Å². The van der Waals surface area contributed by atoms with Crippen LogP contribution in [0, 0.1) is 6.92 Å². The molecule has 0 fully saturated rings. The fourth-order valence-corrected chi connectivity index (χ4v) is 13.6. The molecule has 0 spiro atoms. The molecule has 0 saturated carbocycles. The summed E-state index contributed by atoms with van der Waals surface area (Å²) in [6.45, 7) is 2.13. The van der Waals surface area contributed by atoms with Crippen LogP contribution in [0.1, 0.15) is 5.56 Å². The first-order valence-corrected chi connectivity index (χ1v) is 17.7. The van der Waals surface area contributed by atoms with Crippen LogP contribution < -0.4 is 0 Å². The highest BCUT2D eigenvalue weighted by Gasteiger charge is 2.26. The summed E-state index contributed by atoms with van der Waals surface area (Å²) in [4.78, 5) is 0. The van der Waals surface area contributed by atoms with Gasteiger partial charge in [0.1, 0.15) is 16.7 Å². The van der Waals surface area contributed by atoms with Crippen LogP contribution in [-0.4, -0.2) is 4.57 Å². The molecule has 0 aliphatic heterocycles. The molecule has 10 rings (SSSR count). The Bertz CT molecular complexity index is 2650. The predicted octanol–water partition coefficient (Wildman–Crippen LogP) is 13.0. The van der Waals surface area contributed by atoms with Gasteiger partial charge in [0.05, 0.1) is 41.3 Å². The van der Waals surface area contributed by atoms with Crippen LogP contribution in [-0.2, 0) is 0 Å². The van der Waals surface area contributed by atoms with Gasteiger partial charge in [-0.25, -0.2) is 0 Å². The highest BCUT2D eigenvalue weighted by atomic mass is 79.9. The number of fused-ring (bicyclic) bond motifs is 14. The second-order valence-corrected chi connectivity index (χ2v) is 17.7. The van der Waals surface area contributed by atoms with Gasteiger partial charge in [0.15, 0.2) is 11.2 Å². The molecule has 0 bridgehead atoms. The molecule has 0 aliphatic carbocycles. The number of hydrogen-bond donors (Lipinski definition) is 0.